The first kappa shape index (κ1) is 98.2. The fourth-order valence-corrected chi connectivity index (χ4v) is 12.6. The third-order valence-corrected chi connectivity index (χ3v) is 19.2. The Morgan fingerprint density at radius 1 is 0.275 bits per heavy atom. The number of allylic oxidation sites excluding steroid dienone is 14. The Morgan fingerprint density at radius 2 is 0.490 bits per heavy atom. The predicted octanol–water partition coefficient (Wildman–Crippen LogP) is 23.8. The molecule has 19 heteroatoms. The summed E-state index contributed by atoms with van der Waals surface area (Å²) in [5, 5.41) is 10.6. The van der Waals surface area contributed by atoms with E-state index in [2.05, 4.69) is 113 Å². The Balaban J connectivity index is 5.29. The van der Waals surface area contributed by atoms with Gasteiger partial charge < -0.3 is 33.8 Å². The van der Waals surface area contributed by atoms with Crippen LogP contribution >= 0.6 is 15.6 Å². The van der Waals surface area contributed by atoms with Gasteiger partial charge >= 0.3 is 39.5 Å². The summed E-state index contributed by atoms with van der Waals surface area (Å²) in [5.41, 5.74) is 0. The molecule has 5 unspecified atom stereocenters. The first-order chi connectivity index (χ1) is 49.7. The number of ether oxygens (including phenoxy) is 4. The highest BCUT2D eigenvalue weighted by atomic mass is 31.2. The van der Waals surface area contributed by atoms with E-state index >= 15 is 0 Å². The molecule has 5 atom stereocenters. The number of aliphatic hydroxyl groups excluding tert-OH is 1. The second kappa shape index (κ2) is 75.5. The van der Waals surface area contributed by atoms with Crippen molar-refractivity contribution in [1.29, 1.82) is 0 Å². The average Bonchev–Trinajstić information content (AvgIpc) is 0.909. The van der Waals surface area contributed by atoms with Gasteiger partial charge in [0, 0.05) is 25.7 Å². The molecular weight excluding hydrogens is 1330 g/mol. The van der Waals surface area contributed by atoms with Crippen LogP contribution in [-0.2, 0) is 65.4 Å². The van der Waals surface area contributed by atoms with Crippen molar-refractivity contribution in [2.75, 3.05) is 39.6 Å². The van der Waals surface area contributed by atoms with Crippen LogP contribution in [0.1, 0.15) is 362 Å². The monoisotopic (exact) mass is 1480 g/mol. The molecule has 0 aliphatic rings. The van der Waals surface area contributed by atoms with Gasteiger partial charge in [-0.1, -0.05) is 299 Å². The maximum Gasteiger partial charge on any atom is 0.472 e. The minimum absolute atomic E-state index is 0.0830. The largest absolute Gasteiger partial charge is 0.472 e. The number of rotatable bonds is 77. The third kappa shape index (κ3) is 74.5. The summed E-state index contributed by atoms with van der Waals surface area (Å²) < 4.78 is 68.6. The van der Waals surface area contributed by atoms with E-state index < -0.39 is 97.5 Å². The molecule has 0 amide bonds. The van der Waals surface area contributed by atoms with Crippen LogP contribution in [0.15, 0.2) is 85.1 Å². The lowest BCUT2D eigenvalue weighted by Crippen LogP contribution is -2.30. The van der Waals surface area contributed by atoms with Crippen molar-refractivity contribution in [1.82, 2.24) is 0 Å². The summed E-state index contributed by atoms with van der Waals surface area (Å²) in [7, 11) is -9.95. The molecule has 17 nitrogen and oxygen atoms in total. The number of esters is 4. The Morgan fingerprint density at radius 3 is 0.794 bits per heavy atom. The second-order valence-electron chi connectivity index (χ2n) is 27.4. The highest BCUT2D eigenvalue weighted by molar-refractivity contribution is 7.47. The minimum atomic E-state index is -4.98. The SMILES string of the molecule is CCCC/C=C\CCCCCCCC(=O)OC(COC(=O)CCCCCCCC/C=C\C/C=C\C/C=C\CCCCC)COP(=O)(O)OCC(O)COP(=O)(O)OCC(COC(=O)CCCCCCCC/C=C\C/C=C\C/C=C\CCCCC)OC(=O)CCCCCCCCCCCCCCC. The van der Waals surface area contributed by atoms with Crippen LogP contribution < -0.4 is 0 Å². The van der Waals surface area contributed by atoms with Crippen LogP contribution in [0, 0.1) is 0 Å². The Labute approximate surface area is 621 Å². The molecule has 0 bridgehead atoms. The Bertz CT molecular complexity index is 2260. The van der Waals surface area contributed by atoms with Crippen molar-refractivity contribution in [3.63, 3.8) is 0 Å². The number of unbranched alkanes of at least 4 members (excludes halogenated alkanes) is 37. The quantitative estimate of drug-likeness (QED) is 0.0169. The summed E-state index contributed by atoms with van der Waals surface area (Å²) in [5.74, 6) is -2.19. The van der Waals surface area contributed by atoms with Crippen LogP contribution in [-0.4, -0.2) is 96.7 Å². The van der Waals surface area contributed by atoms with Gasteiger partial charge in [-0.3, -0.25) is 37.3 Å². The summed E-state index contributed by atoms with van der Waals surface area (Å²) in [6, 6.07) is 0. The van der Waals surface area contributed by atoms with Gasteiger partial charge in [0.05, 0.1) is 26.4 Å². The third-order valence-electron chi connectivity index (χ3n) is 17.3. The number of aliphatic hydroxyl groups is 1. The topological polar surface area (TPSA) is 237 Å². The molecule has 592 valence electrons. The van der Waals surface area contributed by atoms with Gasteiger partial charge in [-0.05, 0) is 122 Å². The molecule has 0 aromatic heterocycles. The van der Waals surface area contributed by atoms with E-state index in [0.29, 0.717) is 25.7 Å². The standard InChI is InChI=1S/C83H148O17P2/c1-5-9-13-17-21-25-29-32-34-36-38-40-42-45-48-51-55-59-63-67-80(85)93-73-78(99-82(87)69-65-61-57-53-47-28-24-20-16-12-8-4)75-97-101(89,90)95-71-77(84)72-96-102(91,92)98-76-79(100-83(88)70-66-62-58-54-50-44-31-27-23-19-15-11-7-3)74-94-81(86)68-64-60-56-52-49-46-43-41-39-37-35-33-30-26-22-18-14-10-6-2/h20-22,24-26,32-35,38-41,77-79,84H,5-19,23,27-31,36-37,42-76H2,1-4H3,(H,89,90)(H,91,92)/b24-20-,25-21-,26-22-,34-32-,35-33-,40-38-,41-39-. The molecule has 0 aliphatic heterocycles. The molecule has 0 fully saturated rings. The maximum absolute atomic E-state index is 13.1. The maximum atomic E-state index is 13.1. The summed E-state index contributed by atoms with van der Waals surface area (Å²) in [4.78, 5) is 73.0. The average molecular weight is 1480 g/mol. The van der Waals surface area contributed by atoms with E-state index in [0.717, 1.165) is 180 Å². The number of phosphoric acid groups is 2. The molecule has 0 saturated carbocycles. The first-order valence-electron chi connectivity index (χ1n) is 40.8. The predicted molar refractivity (Wildman–Crippen MR) is 418 cm³/mol. The molecule has 102 heavy (non-hydrogen) atoms. The van der Waals surface area contributed by atoms with Crippen LogP contribution in [0.25, 0.3) is 0 Å². The molecule has 0 radical (unpaired) electrons. The Hall–Kier alpha value is -3.76. The lowest BCUT2D eigenvalue weighted by Gasteiger charge is -2.21. The fourth-order valence-electron chi connectivity index (χ4n) is 11.0. The smallest absolute Gasteiger partial charge is 0.462 e. The molecule has 0 saturated heterocycles. The number of carbonyl (C=O) groups excluding carboxylic acids is 4. The number of hydrogen-bond donors (Lipinski definition) is 3. The molecular formula is C83H148O17P2. The van der Waals surface area contributed by atoms with Crippen molar-refractivity contribution in [3.05, 3.63) is 85.1 Å². The molecule has 3 N–H and O–H groups in total. The van der Waals surface area contributed by atoms with Crippen LogP contribution in [0.3, 0.4) is 0 Å². The van der Waals surface area contributed by atoms with Crippen molar-refractivity contribution in [2.24, 2.45) is 0 Å². The molecule has 0 aromatic rings. The second-order valence-corrected chi connectivity index (χ2v) is 30.3. The summed E-state index contributed by atoms with van der Waals surface area (Å²) in [6.07, 6.45) is 78.4. The number of phosphoric ester groups is 2. The first-order valence-corrected chi connectivity index (χ1v) is 43.8. The Kier molecular flexibility index (Phi) is 72.7. The highest BCUT2D eigenvalue weighted by Gasteiger charge is 2.30. The van der Waals surface area contributed by atoms with E-state index in [1.54, 1.807) is 0 Å². The number of hydrogen-bond acceptors (Lipinski definition) is 15. The van der Waals surface area contributed by atoms with E-state index in [1.807, 2.05) is 0 Å². The minimum Gasteiger partial charge on any atom is -0.462 e. The molecule has 0 aromatic carbocycles. The van der Waals surface area contributed by atoms with E-state index in [4.69, 9.17) is 37.0 Å². The molecule has 0 aliphatic carbocycles. The van der Waals surface area contributed by atoms with E-state index in [1.165, 1.54) is 103 Å². The zero-order valence-corrected chi connectivity index (χ0v) is 66.6. The normalized spacial score (nSPS) is 14.3. The van der Waals surface area contributed by atoms with E-state index in [9.17, 15) is 43.2 Å². The highest BCUT2D eigenvalue weighted by Crippen LogP contribution is 2.45. The summed E-state index contributed by atoms with van der Waals surface area (Å²) in [6.45, 7) is 4.80. The van der Waals surface area contributed by atoms with Crippen LogP contribution in [0.4, 0.5) is 0 Å². The van der Waals surface area contributed by atoms with Crippen molar-refractivity contribution in [2.45, 2.75) is 380 Å². The lowest BCUT2D eigenvalue weighted by atomic mass is 10.0. The molecule has 0 heterocycles. The zero-order chi connectivity index (χ0) is 74.6. The van der Waals surface area contributed by atoms with Gasteiger partial charge in [0.1, 0.15) is 19.3 Å². The van der Waals surface area contributed by atoms with Crippen molar-refractivity contribution >= 4 is 39.5 Å². The fraction of sp³-hybridized carbons (Fsp3) is 0.783. The van der Waals surface area contributed by atoms with Gasteiger partial charge in [0.2, 0.25) is 0 Å². The van der Waals surface area contributed by atoms with Crippen LogP contribution in [0.5, 0.6) is 0 Å². The van der Waals surface area contributed by atoms with Crippen LogP contribution in [0.2, 0.25) is 0 Å². The van der Waals surface area contributed by atoms with Gasteiger partial charge in [-0.25, -0.2) is 9.13 Å². The van der Waals surface area contributed by atoms with Gasteiger partial charge in [-0.15, -0.1) is 0 Å². The van der Waals surface area contributed by atoms with Gasteiger partial charge in [0.25, 0.3) is 0 Å². The van der Waals surface area contributed by atoms with Crippen molar-refractivity contribution < 1.29 is 80.2 Å². The van der Waals surface area contributed by atoms with Gasteiger partial charge in [-0.2, -0.15) is 0 Å². The summed E-state index contributed by atoms with van der Waals surface area (Å²) >= 11 is 0. The lowest BCUT2D eigenvalue weighted by molar-refractivity contribution is -0.161. The van der Waals surface area contributed by atoms with Crippen molar-refractivity contribution in [3.8, 4) is 0 Å². The molecule has 0 spiro atoms. The zero-order valence-electron chi connectivity index (χ0n) is 64.8. The number of carbonyl (C=O) groups is 4. The van der Waals surface area contributed by atoms with E-state index in [-0.39, 0.29) is 25.7 Å². The molecule has 0 rings (SSSR count). The van der Waals surface area contributed by atoms with Gasteiger partial charge in [0.15, 0.2) is 12.2 Å².